The predicted octanol–water partition coefficient (Wildman–Crippen LogP) is 4.14. The van der Waals surface area contributed by atoms with E-state index < -0.39 is 0 Å². The maximum Gasteiger partial charge on any atom is 0.226 e. The third-order valence-electron chi connectivity index (χ3n) is 6.02. The summed E-state index contributed by atoms with van der Waals surface area (Å²) >= 11 is 3.66. The van der Waals surface area contributed by atoms with Crippen molar-refractivity contribution in [1.82, 2.24) is 15.2 Å². The Morgan fingerprint density at radius 3 is 2.61 bits per heavy atom. The van der Waals surface area contributed by atoms with Crippen LogP contribution in [0.15, 0.2) is 29.6 Å². The van der Waals surface area contributed by atoms with Crippen LogP contribution in [0.1, 0.15) is 36.9 Å². The van der Waals surface area contributed by atoms with Gasteiger partial charge < -0.3 is 5.32 Å². The highest BCUT2D eigenvalue weighted by Crippen LogP contribution is 2.36. The Hall–Kier alpha value is -1.37. The van der Waals surface area contributed by atoms with Gasteiger partial charge in [-0.2, -0.15) is 11.8 Å². The Labute approximate surface area is 176 Å². The fourth-order valence-corrected chi connectivity index (χ4v) is 6.11. The fraction of sp³-hybridized carbons (Fsp3) is 0.545. The van der Waals surface area contributed by atoms with E-state index in [1.807, 2.05) is 17.1 Å². The zero-order valence-corrected chi connectivity index (χ0v) is 18.2. The van der Waals surface area contributed by atoms with Crippen molar-refractivity contribution in [2.75, 3.05) is 31.1 Å². The standard InChI is InChI=1S/C22H29N3OS2/c1-17-4-6-18(7-5-17)21-24-19(15-28-21)14-20(26)23-16-22(8-2-3-9-22)25-10-12-27-13-11-25/h4-7,15H,2-3,8-14,16H2,1H3,(H,23,26). The second-order valence-corrected chi connectivity index (χ2v) is 10.1. The van der Waals surface area contributed by atoms with Gasteiger partial charge in [-0.15, -0.1) is 11.3 Å². The van der Waals surface area contributed by atoms with Gasteiger partial charge in [0.25, 0.3) is 0 Å². The molecule has 0 bridgehead atoms. The van der Waals surface area contributed by atoms with Gasteiger partial charge in [-0.3, -0.25) is 9.69 Å². The molecule has 0 unspecified atom stereocenters. The number of thiazole rings is 1. The molecule has 4 nitrogen and oxygen atoms in total. The number of thioether (sulfide) groups is 1. The molecule has 1 aliphatic heterocycles. The zero-order valence-electron chi connectivity index (χ0n) is 16.6. The Morgan fingerprint density at radius 2 is 1.89 bits per heavy atom. The lowest BCUT2D eigenvalue weighted by molar-refractivity contribution is -0.121. The first-order valence-electron chi connectivity index (χ1n) is 10.3. The maximum atomic E-state index is 12.6. The highest BCUT2D eigenvalue weighted by atomic mass is 32.2. The van der Waals surface area contributed by atoms with E-state index >= 15 is 0 Å². The van der Waals surface area contributed by atoms with Gasteiger partial charge in [0.15, 0.2) is 0 Å². The molecule has 1 aliphatic carbocycles. The molecule has 1 aromatic carbocycles. The third kappa shape index (κ3) is 4.61. The zero-order chi connectivity index (χ0) is 19.4. The largest absolute Gasteiger partial charge is 0.354 e. The van der Waals surface area contributed by atoms with Crippen molar-refractivity contribution in [3.8, 4) is 10.6 Å². The van der Waals surface area contributed by atoms with Crippen LogP contribution in [0.5, 0.6) is 0 Å². The van der Waals surface area contributed by atoms with Crippen molar-refractivity contribution in [1.29, 1.82) is 0 Å². The minimum absolute atomic E-state index is 0.0958. The van der Waals surface area contributed by atoms with Gasteiger partial charge in [0.2, 0.25) is 5.91 Å². The molecule has 2 aliphatic rings. The number of carbonyl (C=O) groups is 1. The quantitative estimate of drug-likeness (QED) is 0.770. The molecule has 150 valence electrons. The summed E-state index contributed by atoms with van der Waals surface area (Å²) in [4.78, 5) is 19.9. The van der Waals surface area contributed by atoms with Crippen LogP contribution in [-0.2, 0) is 11.2 Å². The van der Waals surface area contributed by atoms with E-state index in [0.29, 0.717) is 6.42 Å². The van der Waals surface area contributed by atoms with Crippen molar-refractivity contribution in [2.24, 2.45) is 0 Å². The molecule has 2 heterocycles. The molecule has 0 spiro atoms. The molecule has 0 atom stereocenters. The molecule has 0 radical (unpaired) electrons. The SMILES string of the molecule is Cc1ccc(-c2nc(CC(=O)NCC3(N4CCSCC4)CCCC3)cs2)cc1. The lowest BCUT2D eigenvalue weighted by Crippen LogP contribution is -2.56. The number of hydrogen-bond donors (Lipinski definition) is 1. The molecule has 4 rings (SSSR count). The van der Waals surface area contributed by atoms with Crippen LogP contribution >= 0.6 is 23.1 Å². The Balaban J connectivity index is 1.34. The number of aromatic nitrogens is 1. The van der Waals surface area contributed by atoms with Crippen LogP contribution in [0, 0.1) is 6.92 Å². The van der Waals surface area contributed by atoms with E-state index in [4.69, 9.17) is 0 Å². The second-order valence-electron chi connectivity index (χ2n) is 7.99. The molecule has 2 aromatic rings. The second kappa shape index (κ2) is 8.97. The molecule has 1 saturated carbocycles. The van der Waals surface area contributed by atoms with E-state index in [0.717, 1.165) is 35.9 Å². The number of nitrogens with one attached hydrogen (secondary N) is 1. The van der Waals surface area contributed by atoms with Gasteiger partial charge in [0, 0.05) is 47.6 Å². The lowest BCUT2D eigenvalue weighted by atomic mass is 9.94. The molecular formula is C22H29N3OS2. The summed E-state index contributed by atoms with van der Waals surface area (Å²) in [5, 5.41) is 6.25. The monoisotopic (exact) mass is 415 g/mol. The van der Waals surface area contributed by atoms with Crippen LogP contribution in [0.4, 0.5) is 0 Å². The average molecular weight is 416 g/mol. The van der Waals surface area contributed by atoms with Crippen molar-refractivity contribution in [3.05, 3.63) is 40.9 Å². The van der Waals surface area contributed by atoms with Crippen LogP contribution in [0.3, 0.4) is 0 Å². The van der Waals surface area contributed by atoms with E-state index in [-0.39, 0.29) is 11.4 Å². The van der Waals surface area contributed by atoms with Gasteiger partial charge in [-0.1, -0.05) is 42.7 Å². The first-order valence-corrected chi connectivity index (χ1v) is 12.3. The number of nitrogens with zero attached hydrogens (tertiary/aromatic N) is 2. The average Bonchev–Trinajstić information content (AvgIpc) is 3.38. The fourth-order valence-electron chi connectivity index (χ4n) is 4.38. The van der Waals surface area contributed by atoms with Crippen LogP contribution in [-0.4, -0.2) is 52.5 Å². The van der Waals surface area contributed by atoms with Gasteiger partial charge in [-0.05, 0) is 19.8 Å². The molecule has 6 heteroatoms. The van der Waals surface area contributed by atoms with Gasteiger partial charge in [0.05, 0.1) is 12.1 Å². The molecular weight excluding hydrogens is 386 g/mol. The Kier molecular flexibility index (Phi) is 6.38. The van der Waals surface area contributed by atoms with Crippen LogP contribution in [0.25, 0.3) is 10.6 Å². The van der Waals surface area contributed by atoms with Crippen LogP contribution in [0.2, 0.25) is 0 Å². The molecule has 28 heavy (non-hydrogen) atoms. The lowest BCUT2D eigenvalue weighted by Gasteiger charge is -2.43. The normalized spacial score (nSPS) is 19.6. The number of rotatable bonds is 6. The number of benzene rings is 1. The minimum Gasteiger partial charge on any atom is -0.354 e. The summed E-state index contributed by atoms with van der Waals surface area (Å²) in [5.41, 5.74) is 3.42. The number of aryl methyl sites for hydroxylation is 1. The van der Waals surface area contributed by atoms with Crippen molar-refractivity contribution >= 4 is 29.0 Å². The van der Waals surface area contributed by atoms with E-state index in [1.165, 1.54) is 42.8 Å². The summed E-state index contributed by atoms with van der Waals surface area (Å²) in [6.07, 6.45) is 5.36. The highest BCUT2D eigenvalue weighted by molar-refractivity contribution is 7.99. The van der Waals surface area contributed by atoms with Gasteiger partial charge in [0.1, 0.15) is 5.01 Å². The predicted molar refractivity (Wildman–Crippen MR) is 119 cm³/mol. The number of amides is 1. The van der Waals surface area contributed by atoms with Crippen molar-refractivity contribution in [3.63, 3.8) is 0 Å². The number of hydrogen-bond acceptors (Lipinski definition) is 5. The van der Waals surface area contributed by atoms with Crippen LogP contribution < -0.4 is 5.32 Å². The van der Waals surface area contributed by atoms with Crippen molar-refractivity contribution in [2.45, 2.75) is 44.6 Å². The summed E-state index contributed by atoms with van der Waals surface area (Å²) in [6, 6.07) is 8.39. The van der Waals surface area contributed by atoms with Gasteiger partial charge in [-0.25, -0.2) is 4.98 Å². The first-order chi connectivity index (χ1) is 13.6. The molecule has 1 saturated heterocycles. The van der Waals surface area contributed by atoms with E-state index in [2.05, 4.69) is 46.4 Å². The van der Waals surface area contributed by atoms with Gasteiger partial charge >= 0.3 is 0 Å². The highest BCUT2D eigenvalue weighted by Gasteiger charge is 2.40. The number of carbonyl (C=O) groups excluding carboxylic acids is 1. The minimum atomic E-state index is 0.0958. The maximum absolute atomic E-state index is 12.6. The summed E-state index contributed by atoms with van der Waals surface area (Å²) in [6.45, 7) is 5.19. The summed E-state index contributed by atoms with van der Waals surface area (Å²) in [7, 11) is 0. The van der Waals surface area contributed by atoms with E-state index in [9.17, 15) is 4.79 Å². The first kappa shape index (κ1) is 19.9. The van der Waals surface area contributed by atoms with E-state index in [1.54, 1.807) is 11.3 Å². The summed E-state index contributed by atoms with van der Waals surface area (Å²) < 4.78 is 0. The smallest absolute Gasteiger partial charge is 0.226 e. The molecule has 1 amide bonds. The topological polar surface area (TPSA) is 45.2 Å². The molecule has 1 aromatic heterocycles. The Bertz CT molecular complexity index is 790. The summed E-state index contributed by atoms with van der Waals surface area (Å²) in [5.74, 6) is 2.53. The third-order valence-corrected chi connectivity index (χ3v) is 7.91. The molecule has 1 N–H and O–H groups in total. The molecule has 2 fully saturated rings. The Morgan fingerprint density at radius 1 is 1.18 bits per heavy atom. The van der Waals surface area contributed by atoms with Crippen molar-refractivity contribution < 1.29 is 4.79 Å².